The summed E-state index contributed by atoms with van der Waals surface area (Å²) in [5.74, 6) is -1.04. The SMILES string of the molecule is CC(=O)NCC=Cc1cc(F)c(N)c([N+](=O)[O-])c1. The van der Waals surface area contributed by atoms with Crippen molar-refractivity contribution in [2.24, 2.45) is 0 Å². The number of amides is 1. The minimum absolute atomic E-state index is 0.200. The van der Waals surface area contributed by atoms with Crippen LogP contribution in [0.3, 0.4) is 0 Å². The van der Waals surface area contributed by atoms with E-state index in [1.807, 2.05) is 0 Å². The molecule has 0 radical (unpaired) electrons. The van der Waals surface area contributed by atoms with E-state index in [2.05, 4.69) is 5.32 Å². The minimum atomic E-state index is -0.844. The summed E-state index contributed by atoms with van der Waals surface area (Å²) < 4.78 is 13.3. The molecule has 0 aliphatic rings. The first-order valence-corrected chi connectivity index (χ1v) is 5.06. The van der Waals surface area contributed by atoms with Gasteiger partial charge >= 0.3 is 0 Å². The molecule has 1 aromatic carbocycles. The third-order valence-corrected chi connectivity index (χ3v) is 2.11. The van der Waals surface area contributed by atoms with Crippen LogP contribution in [0.2, 0.25) is 0 Å². The lowest BCUT2D eigenvalue weighted by Gasteiger charge is -2.01. The number of nitrogens with zero attached hydrogens (tertiary/aromatic N) is 1. The molecule has 0 aromatic heterocycles. The highest BCUT2D eigenvalue weighted by Gasteiger charge is 2.16. The summed E-state index contributed by atoms with van der Waals surface area (Å²) in [6.45, 7) is 1.62. The van der Waals surface area contributed by atoms with Crippen LogP contribution >= 0.6 is 0 Å². The number of hydrogen-bond donors (Lipinski definition) is 2. The molecule has 0 fully saturated rings. The molecular weight excluding hydrogens is 241 g/mol. The number of carbonyl (C=O) groups is 1. The second-order valence-electron chi connectivity index (χ2n) is 3.53. The van der Waals surface area contributed by atoms with Crippen LogP contribution < -0.4 is 11.1 Å². The van der Waals surface area contributed by atoms with E-state index < -0.39 is 22.1 Å². The van der Waals surface area contributed by atoms with Gasteiger partial charge in [0.25, 0.3) is 5.69 Å². The summed E-state index contributed by atoms with van der Waals surface area (Å²) in [6.07, 6.45) is 3.02. The fourth-order valence-electron chi connectivity index (χ4n) is 1.27. The van der Waals surface area contributed by atoms with E-state index in [4.69, 9.17) is 5.73 Å². The van der Waals surface area contributed by atoms with E-state index >= 15 is 0 Å². The first-order chi connectivity index (χ1) is 8.41. The molecule has 0 saturated heterocycles. The number of benzene rings is 1. The van der Waals surface area contributed by atoms with Crippen molar-refractivity contribution in [3.8, 4) is 0 Å². The Morgan fingerprint density at radius 1 is 1.61 bits per heavy atom. The number of carbonyl (C=O) groups excluding carboxylic acids is 1. The van der Waals surface area contributed by atoms with Gasteiger partial charge in [0, 0.05) is 19.5 Å². The Balaban J connectivity index is 2.90. The van der Waals surface area contributed by atoms with Gasteiger partial charge < -0.3 is 11.1 Å². The van der Waals surface area contributed by atoms with E-state index in [9.17, 15) is 19.3 Å². The van der Waals surface area contributed by atoms with Crippen LogP contribution in [0.1, 0.15) is 12.5 Å². The van der Waals surface area contributed by atoms with Crippen LogP contribution in [0, 0.1) is 15.9 Å². The Hall–Kier alpha value is -2.44. The van der Waals surface area contributed by atoms with Crippen LogP contribution in [-0.4, -0.2) is 17.4 Å². The molecule has 1 rings (SSSR count). The zero-order valence-corrected chi connectivity index (χ0v) is 9.64. The Labute approximate surface area is 102 Å². The topological polar surface area (TPSA) is 98.3 Å². The highest BCUT2D eigenvalue weighted by atomic mass is 19.1. The van der Waals surface area contributed by atoms with Crippen LogP contribution in [0.25, 0.3) is 6.08 Å². The van der Waals surface area contributed by atoms with Gasteiger partial charge in [-0.05, 0) is 11.6 Å². The van der Waals surface area contributed by atoms with Crippen molar-refractivity contribution in [2.75, 3.05) is 12.3 Å². The maximum atomic E-state index is 13.3. The van der Waals surface area contributed by atoms with Crippen molar-refractivity contribution in [1.29, 1.82) is 0 Å². The lowest BCUT2D eigenvalue weighted by Crippen LogP contribution is -2.19. The summed E-state index contributed by atoms with van der Waals surface area (Å²) in [5, 5.41) is 13.1. The lowest BCUT2D eigenvalue weighted by molar-refractivity contribution is -0.384. The quantitative estimate of drug-likeness (QED) is 0.482. The number of nitrogens with one attached hydrogen (secondary N) is 1. The summed E-state index contributed by atoms with van der Waals surface area (Å²) >= 11 is 0. The Morgan fingerprint density at radius 3 is 2.83 bits per heavy atom. The average molecular weight is 253 g/mol. The van der Waals surface area contributed by atoms with Gasteiger partial charge in [0.2, 0.25) is 5.91 Å². The second-order valence-corrected chi connectivity index (χ2v) is 3.53. The molecule has 0 aliphatic heterocycles. The monoisotopic (exact) mass is 253 g/mol. The number of rotatable bonds is 4. The van der Waals surface area contributed by atoms with E-state index in [1.165, 1.54) is 19.1 Å². The van der Waals surface area contributed by atoms with Gasteiger partial charge in [-0.3, -0.25) is 14.9 Å². The fraction of sp³-hybridized carbons (Fsp3) is 0.182. The van der Waals surface area contributed by atoms with E-state index in [0.717, 1.165) is 6.07 Å². The molecule has 0 spiro atoms. The molecule has 0 aliphatic carbocycles. The highest BCUT2D eigenvalue weighted by molar-refractivity contribution is 5.73. The van der Waals surface area contributed by atoms with Crippen molar-refractivity contribution in [2.45, 2.75) is 6.92 Å². The first kappa shape index (κ1) is 13.6. The predicted octanol–water partition coefficient (Wildman–Crippen LogP) is 1.47. The van der Waals surface area contributed by atoms with E-state index in [1.54, 1.807) is 6.08 Å². The minimum Gasteiger partial charge on any atom is -0.391 e. The average Bonchev–Trinajstić information content (AvgIpc) is 2.28. The van der Waals surface area contributed by atoms with Crippen molar-refractivity contribution < 1.29 is 14.1 Å². The number of nitro benzene ring substituents is 1. The summed E-state index contributed by atoms with van der Waals surface area (Å²) in [7, 11) is 0. The maximum absolute atomic E-state index is 13.3. The lowest BCUT2D eigenvalue weighted by atomic mass is 10.1. The largest absolute Gasteiger partial charge is 0.391 e. The van der Waals surface area contributed by atoms with Crippen LogP contribution in [0.15, 0.2) is 18.2 Å². The predicted molar refractivity (Wildman–Crippen MR) is 65.2 cm³/mol. The summed E-state index contributed by atoms with van der Waals surface area (Å²) in [4.78, 5) is 20.5. The molecule has 7 heteroatoms. The van der Waals surface area contributed by atoms with Crippen LogP contribution in [0.5, 0.6) is 0 Å². The van der Waals surface area contributed by atoms with Crippen molar-refractivity contribution in [3.63, 3.8) is 0 Å². The molecule has 6 nitrogen and oxygen atoms in total. The smallest absolute Gasteiger partial charge is 0.295 e. The Morgan fingerprint density at radius 2 is 2.28 bits per heavy atom. The normalized spacial score (nSPS) is 10.6. The Kier molecular flexibility index (Phi) is 4.36. The van der Waals surface area contributed by atoms with Gasteiger partial charge in [-0.25, -0.2) is 4.39 Å². The van der Waals surface area contributed by atoms with Crippen molar-refractivity contribution >= 4 is 23.4 Å². The Bertz CT molecular complexity index is 515. The molecule has 0 atom stereocenters. The number of anilines is 1. The highest BCUT2D eigenvalue weighted by Crippen LogP contribution is 2.26. The molecule has 0 bridgehead atoms. The van der Waals surface area contributed by atoms with Crippen molar-refractivity contribution in [3.05, 3.63) is 39.7 Å². The molecule has 96 valence electrons. The molecule has 0 unspecified atom stereocenters. The summed E-state index contributed by atoms with van der Waals surface area (Å²) in [5.41, 5.74) is 4.59. The number of halogens is 1. The van der Waals surface area contributed by atoms with Crippen LogP contribution in [0.4, 0.5) is 15.8 Å². The molecule has 1 aromatic rings. The number of nitro groups is 1. The van der Waals surface area contributed by atoms with E-state index in [-0.39, 0.29) is 12.5 Å². The molecule has 0 saturated carbocycles. The van der Waals surface area contributed by atoms with Crippen LogP contribution in [-0.2, 0) is 4.79 Å². The zero-order valence-electron chi connectivity index (χ0n) is 9.64. The van der Waals surface area contributed by atoms with E-state index in [0.29, 0.717) is 5.56 Å². The van der Waals surface area contributed by atoms with Gasteiger partial charge in [-0.1, -0.05) is 12.2 Å². The van der Waals surface area contributed by atoms with Gasteiger partial charge in [0.1, 0.15) is 5.69 Å². The second kappa shape index (κ2) is 5.76. The molecular formula is C11H12FN3O3. The molecule has 1 amide bonds. The van der Waals surface area contributed by atoms with Gasteiger partial charge in [-0.15, -0.1) is 0 Å². The molecule has 0 heterocycles. The third-order valence-electron chi connectivity index (χ3n) is 2.11. The summed E-state index contributed by atoms with van der Waals surface area (Å²) in [6, 6.07) is 2.26. The van der Waals surface area contributed by atoms with Gasteiger partial charge in [-0.2, -0.15) is 0 Å². The molecule has 3 N–H and O–H groups in total. The third kappa shape index (κ3) is 3.55. The first-order valence-electron chi connectivity index (χ1n) is 5.06. The van der Waals surface area contributed by atoms with Gasteiger partial charge in [0.15, 0.2) is 5.82 Å². The standard InChI is InChI=1S/C11H12FN3O3/c1-7(16)14-4-2-3-8-5-9(12)11(13)10(6-8)15(17)18/h2-3,5-6H,4,13H2,1H3,(H,14,16). The maximum Gasteiger partial charge on any atom is 0.295 e. The fourth-order valence-corrected chi connectivity index (χ4v) is 1.27. The van der Waals surface area contributed by atoms with Gasteiger partial charge in [0.05, 0.1) is 4.92 Å². The number of hydrogen-bond acceptors (Lipinski definition) is 4. The van der Waals surface area contributed by atoms with Crippen molar-refractivity contribution in [1.82, 2.24) is 5.32 Å². The molecule has 18 heavy (non-hydrogen) atoms. The number of nitrogen functional groups attached to an aromatic ring is 1. The zero-order chi connectivity index (χ0) is 13.7. The number of nitrogens with two attached hydrogens (primary N) is 1.